The highest BCUT2D eigenvalue weighted by molar-refractivity contribution is 5.92. The number of ether oxygens (including phenoxy) is 2. The number of anilines is 3. The van der Waals surface area contributed by atoms with E-state index in [1.807, 2.05) is 42.5 Å². The van der Waals surface area contributed by atoms with Gasteiger partial charge < -0.3 is 20.1 Å². The maximum absolute atomic E-state index is 12.1. The SMILES string of the molecule is COc1ccccc1OCC(=O)Nc1ccc(Nc2ccc(C)c(C)c2)cc1. The smallest absolute Gasteiger partial charge is 0.262 e. The Morgan fingerprint density at radius 2 is 1.46 bits per heavy atom. The predicted molar refractivity (Wildman–Crippen MR) is 113 cm³/mol. The monoisotopic (exact) mass is 376 g/mol. The Morgan fingerprint density at radius 1 is 0.821 bits per heavy atom. The van der Waals surface area contributed by atoms with E-state index in [0.29, 0.717) is 17.2 Å². The van der Waals surface area contributed by atoms with Gasteiger partial charge in [-0.3, -0.25) is 4.79 Å². The second kappa shape index (κ2) is 8.95. The van der Waals surface area contributed by atoms with Crippen LogP contribution < -0.4 is 20.1 Å². The minimum atomic E-state index is -0.235. The quantitative estimate of drug-likeness (QED) is 0.604. The molecule has 28 heavy (non-hydrogen) atoms. The number of para-hydroxylation sites is 2. The highest BCUT2D eigenvalue weighted by Gasteiger charge is 2.07. The summed E-state index contributed by atoms with van der Waals surface area (Å²) >= 11 is 0. The molecular formula is C23H24N2O3. The number of aryl methyl sites for hydroxylation is 2. The number of hydrogen-bond acceptors (Lipinski definition) is 4. The lowest BCUT2D eigenvalue weighted by atomic mass is 10.1. The summed E-state index contributed by atoms with van der Waals surface area (Å²) in [4.78, 5) is 12.1. The maximum atomic E-state index is 12.1. The average molecular weight is 376 g/mol. The highest BCUT2D eigenvalue weighted by atomic mass is 16.5. The van der Waals surface area contributed by atoms with Crippen LogP contribution in [0, 0.1) is 13.8 Å². The third-order valence-corrected chi connectivity index (χ3v) is 4.39. The summed E-state index contributed by atoms with van der Waals surface area (Å²) in [7, 11) is 1.57. The van der Waals surface area contributed by atoms with Gasteiger partial charge in [0.25, 0.3) is 5.91 Å². The van der Waals surface area contributed by atoms with Gasteiger partial charge in [0.05, 0.1) is 7.11 Å². The lowest BCUT2D eigenvalue weighted by Gasteiger charge is -2.11. The third-order valence-electron chi connectivity index (χ3n) is 4.39. The van der Waals surface area contributed by atoms with E-state index in [2.05, 4.69) is 36.6 Å². The molecule has 0 aliphatic rings. The molecule has 0 saturated carbocycles. The third kappa shape index (κ3) is 5.04. The minimum absolute atomic E-state index is 0.0942. The van der Waals surface area contributed by atoms with Crippen LogP contribution in [0.2, 0.25) is 0 Å². The largest absolute Gasteiger partial charge is 0.493 e. The van der Waals surface area contributed by atoms with E-state index in [1.54, 1.807) is 19.2 Å². The van der Waals surface area contributed by atoms with Crippen molar-refractivity contribution in [2.75, 3.05) is 24.4 Å². The van der Waals surface area contributed by atoms with Gasteiger partial charge in [0.2, 0.25) is 0 Å². The first-order chi connectivity index (χ1) is 13.5. The molecule has 3 aromatic rings. The molecule has 0 atom stereocenters. The number of rotatable bonds is 7. The number of benzene rings is 3. The van der Waals surface area contributed by atoms with Gasteiger partial charge in [0.1, 0.15) is 0 Å². The van der Waals surface area contributed by atoms with Crippen LogP contribution in [0.5, 0.6) is 11.5 Å². The van der Waals surface area contributed by atoms with Gasteiger partial charge in [-0.15, -0.1) is 0 Å². The molecule has 144 valence electrons. The second-order valence-corrected chi connectivity index (χ2v) is 6.49. The van der Waals surface area contributed by atoms with Crippen molar-refractivity contribution in [3.05, 3.63) is 77.9 Å². The Morgan fingerprint density at radius 3 is 2.14 bits per heavy atom. The molecule has 1 amide bonds. The molecule has 2 N–H and O–H groups in total. The molecule has 0 aromatic heterocycles. The Labute approximate surface area is 165 Å². The Balaban J connectivity index is 1.54. The summed E-state index contributed by atoms with van der Waals surface area (Å²) < 4.78 is 10.7. The summed E-state index contributed by atoms with van der Waals surface area (Å²) in [5.41, 5.74) is 5.19. The standard InChI is InChI=1S/C23H24N2O3/c1-16-8-9-20(14-17(16)2)24-18-10-12-19(13-11-18)25-23(26)15-28-22-7-5-4-6-21(22)27-3/h4-14,24H,15H2,1-3H3,(H,25,26). The van der Waals surface area contributed by atoms with E-state index in [1.165, 1.54) is 11.1 Å². The number of methoxy groups -OCH3 is 1. The van der Waals surface area contributed by atoms with E-state index >= 15 is 0 Å². The van der Waals surface area contributed by atoms with Gasteiger partial charge >= 0.3 is 0 Å². The summed E-state index contributed by atoms with van der Waals surface area (Å²) in [6, 6.07) is 21.0. The van der Waals surface area contributed by atoms with Crippen LogP contribution in [-0.4, -0.2) is 19.6 Å². The summed E-state index contributed by atoms with van der Waals surface area (Å²) in [5, 5.41) is 6.19. The van der Waals surface area contributed by atoms with Crippen LogP contribution in [0.4, 0.5) is 17.1 Å². The number of amides is 1. The molecule has 5 nitrogen and oxygen atoms in total. The second-order valence-electron chi connectivity index (χ2n) is 6.49. The molecule has 0 heterocycles. The number of carbonyl (C=O) groups is 1. The first-order valence-corrected chi connectivity index (χ1v) is 9.05. The Kier molecular flexibility index (Phi) is 6.17. The van der Waals surface area contributed by atoms with E-state index < -0.39 is 0 Å². The van der Waals surface area contributed by atoms with Crippen molar-refractivity contribution in [2.45, 2.75) is 13.8 Å². The number of carbonyl (C=O) groups excluding carboxylic acids is 1. The molecule has 0 radical (unpaired) electrons. The van der Waals surface area contributed by atoms with Crippen LogP contribution in [0.3, 0.4) is 0 Å². The minimum Gasteiger partial charge on any atom is -0.493 e. The van der Waals surface area contributed by atoms with Crippen LogP contribution in [0.15, 0.2) is 66.7 Å². The lowest BCUT2D eigenvalue weighted by molar-refractivity contribution is -0.118. The van der Waals surface area contributed by atoms with Crippen LogP contribution in [-0.2, 0) is 4.79 Å². The lowest BCUT2D eigenvalue weighted by Crippen LogP contribution is -2.20. The zero-order valence-corrected chi connectivity index (χ0v) is 16.3. The molecule has 3 rings (SSSR count). The molecule has 0 aliphatic carbocycles. The van der Waals surface area contributed by atoms with E-state index in [0.717, 1.165) is 11.4 Å². The topological polar surface area (TPSA) is 59.6 Å². The van der Waals surface area contributed by atoms with Crippen molar-refractivity contribution in [1.82, 2.24) is 0 Å². The fraction of sp³-hybridized carbons (Fsp3) is 0.174. The summed E-state index contributed by atoms with van der Waals surface area (Å²) in [6.07, 6.45) is 0. The van der Waals surface area contributed by atoms with Crippen molar-refractivity contribution < 1.29 is 14.3 Å². The number of nitrogens with one attached hydrogen (secondary N) is 2. The molecule has 0 saturated heterocycles. The Hall–Kier alpha value is -3.47. The van der Waals surface area contributed by atoms with Crippen molar-refractivity contribution >= 4 is 23.0 Å². The zero-order chi connectivity index (χ0) is 19.9. The zero-order valence-electron chi connectivity index (χ0n) is 16.3. The molecule has 0 spiro atoms. The van der Waals surface area contributed by atoms with E-state index in [-0.39, 0.29) is 12.5 Å². The normalized spacial score (nSPS) is 10.2. The molecule has 3 aromatic carbocycles. The fourth-order valence-corrected chi connectivity index (χ4v) is 2.70. The van der Waals surface area contributed by atoms with Gasteiger partial charge in [0, 0.05) is 17.1 Å². The van der Waals surface area contributed by atoms with E-state index in [4.69, 9.17) is 9.47 Å². The van der Waals surface area contributed by atoms with Gasteiger partial charge in [-0.25, -0.2) is 0 Å². The Bertz CT molecular complexity index is 952. The van der Waals surface area contributed by atoms with Crippen LogP contribution in [0.25, 0.3) is 0 Å². The molecular weight excluding hydrogens is 352 g/mol. The molecule has 0 unspecified atom stereocenters. The highest BCUT2D eigenvalue weighted by Crippen LogP contribution is 2.26. The summed E-state index contributed by atoms with van der Waals surface area (Å²) in [6.45, 7) is 4.09. The van der Waals surface area contributed by atoms with Crippen molar-refractivity contribution in [3.8, 4) is 11.5 Å². The molecule has 0 aliphatic heterocycles. The van der Waals surface area contributed by atoms with Gasteiger partial charge in [0.15, 0.2) is 18.1 Å². The van der Waals surface area contributed by atoms with Crippen molar-refractivity contribution in [2.24, 2.45) is 0 Å². The fourth-order valence-electron chi connectivity index (χ4n) is 2.70. The van der Waals surface area contributed by atoms with Crippen LogP contribution >= 0.6 is 0 Å². The number of hydrogen-bond donors (Lipinski definition) is 2. The van der Waals surface area contributed by atoms with Gasteiger partial charge in [-0.05, 0) is 73.5 Å². The van der Waals surface area contributed by atoms with Gasteiger partial charge in [-0.2, -0.15) is 0 Å². The molecule has 0 bridgehead atoms. The first-order valence-electron chi connectivity index (χ1n) is 9.05. The van der Waals surface area contributed by atoms with Crippen LogP contribution in [0.1, 0.15) is 11.1 Å². The predicted octanol–water partition coefficient (Wildman–Crippen LogP) is 5.07. The first kappa shape index (κ1) is 19.3. The summed E-state index contributed by atoms with van der Waals surface area (Å²) in [5.74, 6) is 0.894. The van der Waals surface area contributed by atoms with Crippen molar-refractivity contribution in [1.29, 1.82) is 0 Å². The molecule has 0 fully saturated rings. The van der Waals surface area contributed by atoms with Gasteiger partial charge in [-0.1, -0.05) is 18.2 Å². The van der Waals surface area contributed by atoms with Crippen molar-refractivity contribution in [3.63, 3.8) is 0 Å². The maximum Gasteiger partial charge on any atom is 0.262 e. The van der Waals surface area contributed by atoms with E-state index in [9.17, 15) is 4.79 Å². The average Bonchev–Trinajstić information content (AvgIpc) is 2.71. The molecule has 5 heteroatoms.